The number of rotatable bonds is 3. The summed E-state index contributed by atoms with van der Waals surface area (Å²) >= 11 is 0. The summed E-state index contributed by atoms with van der Waals surface area (Å²) < 4.78 is 0. The number of aromatic amines is 1. The van der Waals surface area contributed by atoms with Crippen molar-refractivity contribution < 1.29 is 4.79 Å². The third kappa shape index (κ3) is 2.95. The van der Waals surface area contributed by atoms with Gasteiger partial charge in [-0.1, -0.05) is 0 Å². The van der Waals surface area contributed by atoms with Gasteiger partial charge in [0.05, 0.1) is 0 Å². The van der Waals surface area contributed by atoms with Crippen LogP contribution in [0.1, 0.15) is 25.1 Å². The maximum Gasteiger partial charge on any atom is 0.317 e. The summed E-state index contributed by atoms with van der Waals surface area (Å²) in [4.78, 5) is 17.6. The third-order valence-electron chi connectivity index (χ3n) is 2.75. The predicted octanol–water partition coefficient (Wildman–Crippen LogP) is 0.543. The number of amides is 2. The molecule has 0 atom stereocenters. The minimum atomic E-state index is 0.0409. The fourth-order valence-corrected chi connectivity index (χ4v) is 1.85. The Morgan fingerprint density at radius 1 is 1.44 bits per heavy atom. The predicted molar refractivity (Wildman–Crippen MR) is 58.9 cm³/mol. The van der Waals surface area contributed by atoms with E-state index in [2.05, 4.69) is 20.5 Å². The summed E-state index contributed by atoms with van der Waals surface area (Å²) in [7, 11) is 0. The zero-order valence-corrected chi connectivity index (χ0v) is 9.28. The van der Waals surface area contributed by atoms with E-state index in [-0.39, 0.29) is 6.03 Å². The molecule has 0 bridgehead atoms. The number of piperidine rings is 1. The van der Waals surface area contributed by atoms with Crippen LogP contribution in [0.4, 0.5) is 4.79 Å². The smallest absolute Gasteiger partial charge is 0.317 e. The molecule has 0 spiro atoms. The van der Waals surface area contributed by atoms with E-state index in [0.717, 1.165) is 31.8 Å². The van der Waals surface area contributed by atoms with E-state index < -0.39 is 0 Å². The lowest BCUT2D eigenvalue weighted by Gasteiger charge is -2.26. The van der Waals surface area contributed by atoms with Crippen LogP contribution in [0.2, 0.25) is 0 Å². The number of nitrogens with zero attached hydrogens (tertiary/aromatic N) is 3. The molecule has 2 amide bonds. The van der Waals surface area contributed by atoms with Gasteiger partial charge in [0.2, 0.25) is 0 Å². The Labute approximate surface area is 94.4 Å². The number of urea groups is 1. The Kier molecular flexibility index (Phi) is 3.74. The first-order valence-corrected chi connectivity index (χ1v) is 5.73. The zero-order valence-electron chi connectivity index (χ0n) is 9.28. The van der Waals surface area contributed by atoms with Gasteiger partial charge in [-0.15, -0.1) is 0 Å². The minimum Gasteiger partial charge on any atom is -0.338 e. The van der Waals surface area contributed by atoms with Crippen molar-refractivity contribution in [2.24, 2.45) is 0 Å². The Hall–Kier alpha value is -1.59. The Morgan fingerprint density at radius 2 is 2.25 bits per heavy atom. The topological polar surface area (TPSA) is 73.9 Å². The van der Waals surface area contributed by atoms with Gasteiger partial charge in [-0.2, -0.15) is 5.10 Å². The van der Waals surface area contributed by atoms with Crippen LogP contribution in [0.3, 0.4) is 0 Å². The molecule has 1 fully saturated rings. The average Bonchev–Trinajstić information content (AvgIpc) is 2.83. The summed E-state index contributed by atoms with van der Waals surface area (Å²) in [6.07, 6.45) is 5.65. The highest BCUT2D eigenvalue weighted by atomic mass is 16.2. The molecule has 0 aliphatic carbocycles. The van der Waals surface area contributed by atoms with Crippen molar-refractivity contribution in [3.8, 4) is 0 Å². The Morgan fingerprint density at radius 3 is 2.94 bits per heavy atom. The lowest BCUT2D eigenvalue weighted by molar-refractivity contribution is 0.186. The molecule has 88 valence electrons. The Bertz CT molecular complexity index is 318. The number of H-pyrrole nitrogens is 1. The number of hydrogen-bond acceptors (Lipinski definition) is 3. The fourth-order valence-electron chi connectivity index (χ4n) is 1.85. The second-order valence-electron chi connectivity index (χ2n) is 3.96. The van der Waals surface area contributed by atoms with E-state index in [4.69, 9.17) is 0 Å². The van der Waals surface area contributed by atoms with Crippen molar-refractivity contribution >= 4 is 6.03 Å². The lowest BCUT2D eigenvalue weighted by Crippen LogP contribution is -2.43. The summed E-state index contributed by atoms with van der Waals surface area (Å²) in [6, 6.07) is 0.0409. The molecule has 2 N–H and O–H groups in total. The van der Waals surface area contributed by atoms with E-state index in [1.165, 1.54) is 12.7 Å². The van der Waals surface area contributed by atoms with E-state index in [9.17, 15) is 4.79 Å². The molecule has 0 aromatic carbocycles. The maximum absolute atomic E-state index is 11.7. The highest BCUT2D eigenvalue weighted by molar-refractivity contribution is 5.74. The Balaban J connectivity index is 1.67. The lowest BCUT2D eigenvalue weighted by atomic mass is 10.1. The second-order valence-corrected chi connectivity index (χ2v) is 3.96. The molecule has 2 rings (SSSR count). The summed E-state index contributed by atoms with van der Waals surface area (Å²) in [5.41, 5.74) is 0. The van der Waals surface area contributed by atoms with Crippen molar-refractivity contribution in [3.63, 3.8) is 0 Å². The van der Waals surface area contributed by atoms with E-state index in [0.29, 0.717) is 13.0 Å². The molecule has 0 saturated carbocycles. The van der Waals surface area contributed by atoms with Gasteiger partial charge >= 0.3 is 6.03 Å². The van der Waals surface area contributed by atoms with Crippen molar-refractivity contribution in [1.82, 2.24) is 25.4 Å². The summed E-state index contributed by atoms with van der Waals surface area (Å²) in [6.45, 7) is 2.37. The molecule has 6 heteroatoms. The fraction of sp³-hybridized carbons (Fsp3) is 0.700. The van der Waals surface area contributed by atoms with Crippen LogP contribution in [0.5, 0.6) is 0 Å². The molecule has 1 aliphatic rings. The summed E-state index contributed by atoms with van der Waals surface area (Å²) in [5, 5.41) is 9.40. The zero-order chi connectivity index (χ0) is 11.2. The van der Waals surface area contributed by atoms with Crippen molar-refractivity contribution in [3.05, 3.63) is 12.2 Å². The first-order chi connectivity index (χ1) is 7.86. The molecular formula is C10H17N5O. The highest BCUT2D eigenvalue weighted by Gasteiger charge is 2.15. The van der Waals surface area contributed by atoms with E-state index in [1.54, 1.807) is 0 Å². The first-order valence-electron chi connectivity index (χ1n) is 5.73. The van der Waals surface area contributed by atoms with Gasteiger partial charge in [0.15, 0.2) is 0 Å². The van der Waals surface area contributed by atoms with Crippen LogP contribution in [0.25, 0.3) is 0 Å². The number of hydrogen-bond donors (Lipinski definition) is 2. The van der Waals surface area contributed by atoms with Crippen molar-refractivity contribution in [1.29, 1.82) is 0 Å². The molecule has 1 aromatic heterocycles. The molecule has 16 heavy (non-hydrogen) atoms. The van der Waals surface area contributed by atoms with E-state index >= 15 is 0 Å². The van der Waals surface area contributed by atoms with Crippen LogP contribution < -0.4 is 5.32 Å². The monoisotopic (exact) mass is 223 g/mol. The number of carbonyl (C=O) groups is 1. The first kappa shape index (κ1) is 10.9. The second kappa shape index (κ2) is 5.48. The van der Waals surface area contributed by atoms with Gasteiger partial charge in [0.25, 0.3) is 0 Å². The van der Waals surface area contributed by atoms with Gasteiger partial charge in [0.1, 0.15) is 12.2 Å². The van der Waals surface area contributed by atoms with Gasteiger partial charge in [-0.25, -0.2) is 9.78 Å². The molecule has 6 nitrogen and oxygen atoms in total. The molecule has 1 aliphatic heterocycles. The van der Waals surface area contributed by atoms with Crippen molar-refractivity contribution in [2.45, 2.75) is 25.7 Å². The van der Waals surface area contributed by atoms with Gasteiger partial charge in [0, 0.05) is 26.1 Å². The molecule has 1 saturated heterocycles. The van der Waals surface area contributed by atoms with Crippen LogP contribution in [-0.2, 0) is 6.42 Å². The van der Waals surface area contributed by atoms with Crippen LogP contribution in [0.15, 0.2) is 6.33 Å². The van der Waals surface area contributed by atoms with Crippen molar-refractivity contribution in [2.75, 3.05) is 19.6 Å². The number of carbonyl (C=O) groups excluding carboxylic acids is 1. The SMILES string of the molecule is O=C(NCCc1ncn[nH]1)N1CCCCC1. The quantitative estimate of drug-likeness (QED) is 0.785. The average molecular weight is 223 g/mol. The highest BCUT2D eigenvalue weighted by Crippen LogP contribution is 2.08. The third-order valence-corrected chi connectivity index (χ3v) is 2.75. The maximum atomic E-state index is 11.7. The van der Waals surface area contributed by atoms with Gasteiger partial charge in [-0.3, -0.25) is 5.10 Å². The molecule has 1 aromatic rings. The minimum absolute atomic E-state index is 0.0409. The molecule has 0 unspecified atom stereocenters. The number of likely N-dealkylation sites (tertiary alicyclic amines) is 1. The number of nitrogens with one attached hydrogen (secondary N) is 2. The number of aromatic nitrogens is 3. The summed E-state index contributed by atoms with van der Waals surface area (Å²) in [5.74, 6) is 0.805. The van der Waals surface area contributed by atoms with E-state index in [1.807, 2.05) is 4.90 Å². The largest absolute Gasteiger partial charge is 0.338 e. The molecule has 0 radical (unpaired) electrons. The van der Waals surface area contributed by atoms with Crippen LogP contribution in [0, 0.1) is 0 Å². The van der Waals surface area contributed by atoms with Gasteiger partial charge in [-0.05, 0) is 19.3 Å². The standard InChI is InChI=1S/C10H17N5O/c16-10(15-6-2-1-3-7-15)11-5-4-9-12-8-13-14-9/h8H,1-7H2,(H,11,16)(H,12,13,14). The van der Waals surface area contributed by atoms with Crippen LogP contribution in [-0.4, -0.2) is 45.7 Å². The molecule has 2 heterocycles. The molecular weight excluding hydrogens is 206 g/mol. The van der Waals surface area contributed by atoms with Crippen LogP contribution >= 0.6 is 0 Å². The normalized spacial score (nSPS) is 16.1. The van der Waals surface area contributed by atoms with Gasteiger partial charge < -0.3 is 10.2 Å².